The van der Waals surface area contributed by atoms with Crippen molar-refractivity contribution in [2.45, 2.75) is 25.2 Å². The fourth-order valence-corrected chi connectivity index (χ4v) is 4.13. The molecule has 166 valence electrons. The van der Waals surface area contributed by atoms with Crippen molar-refractivity contribution in [1.82, 2.24) is 19.7 Å². The molecule has 0 saturated heterocycles. The molecule has 0 aliphatic heterocycles. The molecule has 3 N–H and O–H groups in total. The van der Waals surface area contributed by atoms with E-state index in [1.165, 1.54) is 4.68 Å². The third-order valence-corrected chi connectivity index (χ3v) is 5.97. The summed E-state index contributed by atoms with van der Waals surface area (Å²) in [5.41, 5.74) is 2.92. The summed E-state index contributed by atoms with van der Waals surface area (Å²) in [5, 5.41) is 19.2. The van der Waals surface area contributed by atoms with Gasteiger partial charge in [0.1, 0.15) is 5.69 Å². The number of hydrogen-bond donors (Lipinski definition) is 3. The fraction of sp³-hybridized carbons (Fsp3) is 0.238. The van der Waals surface area contributed by atoms with Gasteiger partial charge in [-0.2, -0.15) is 4.68 Å². The molecule has 0 unspecified atom stereocenters. The van der Waals surface area contributed by atoms with Crippen LogP contribution in [0.1, 0.15) is 24.1 Å². The SMILES string of the molecule is Cc1nnn(-c2ccc(-c3ccc(C4(C(=O)NS(C)(=O)=O)CC4)cc3)cc2)c1NC(=O)O. The Hall–Kier alpha value is -3.73. The Labute approximate surface area is 184 Å². The number of benzene rings is 2. The zero-order valence-corrected chi connectivity index (χ0v) is 18.2. The van der Waals surface area contributed by atoms with Gasteiger partial charge in [-0.25, -0.2) is 13.2 Å². The summed E-state index contributed by atoms with van der Waals surface area (Å²) < 4.78 is 26.3. The maximum absolute atomic E-state index is 12.4. The first-order valence-electron chi connectivity index (χ1n) is 9.75. The third-order valence-electron chi connectivity index (χ3n) is 5.41. The van der Waals surface area contributed by atoms with Gasteiger partial charge in [-0.1, -0.05) is 41.6 Å². The highest BCUT2D eigenvalue weighted by atomic mass is 32.2. The van der Waals surface area contributed by atoms with Crippen molar-refractivity contribution in [2.24, 2.45) is 0 Å². The second-order valence-electron chi connectivity index (χ2n) is 7.78. The van der Waals surface area contributed by atoms with Gasteiger partial charge in [0.15, 0.2) is 5.82 Å². The van der Waals surface area contributed by atoms with Crippen LogP contribution in [-0.4, -0.2) is 46.8 Å². The molecule has 1 aliphatic carbocycles. The van der Waals surface area contributed by atoms with E-state index in [0.29, 0.717) is 24.2 Å². The summed E-state index contributed by atoms with van der Waals surface area (Å²) in [6.45, 7) is 1.66. The van der Waals surface area contributed by atoms with Gasteiger partial charge in [0.05, 0.1) is 17.4 Å². The number of anilines is 1. The van der Waals surface area contributed by atoms with Gasteiger partial charge in [-0.05, 0) is 48.6 Å². The molecular weight excluding hydrogens is 434 g/mol. The number of rotatable bonds is 6. The molecule has 2 aromatic carbocycles. The smallest absolute Gasteiger partial charge is 0.410 e. The first-order valence-corrected chi connectivity index (χ1v) is 11.6. The zero-order chi connectivity index (χ0) is 23.1. The van der Waals surface area contributed by atoms with Crippen molar-refractivity contribution < 1.29 is 23.1 Å². The summed E-state index contributed by atoms with van der Waals surface area (Å²) >= 11 is 0. The molecule has 0 atom stereocenters. The summed E-state index contributed by atoms with van der Waals surface area (Å²) in [7, 11) is -3.61. The third kappa shape index (κ3) is 4.19. The van der Waals surface area contributed by atoms with Gasteiger partial charge < -0.3 is 5.11 Å². The van der Waals surface area contributed by atoms with Crippen LogP contribution < -0.4 is 10.0 Å². The summed E-state index contributed by atoms with van der Waals surface area (Å²) in [4.78, 5) is 23.4. The van der Waals surface area contributed by atoms with E-state index in [9.17, 15) is 18.0 Å². The Morgan fingerprint density at radius 1 is 1.03 bits per heavy atom. The number of nitrogens with zero attached hydrogens (tertiary/aromatic N) is 3. The summed E-state index contributed by atoms with van der Waals surface area (Å²) in [5.74, 6) is -0.220. The minimum Gasteiger partial charge on any atom is -0.465 e. The van der Waals surface area contributed by atoms with Crippen molar-refractivity contribution in [1.29, 1.82) is 0 Å². The van der Waals surface area contributed by atoms with E-state index < -0.39 is 27.4 Å². The quantitative estimate of drug-likeness (QED) is 0.518. The lowest BCUT2D eigenvalue weighted by molar-refractivity contribution is -0.121. The summed E-state index contributed by atoms with van der Waals surface area (Å²) in [6.07, 6.45) is 0.973. The number of carbonyl (C=O) groups is 2. The van der Waals surface area contributed by atoms with Gasteiger partial charge in [0.2, 0.25) is 15.9 Å². The predicted molar refractivity (Wildman–Crippen MR) is 117 cm³/mol. The number of carbonyl (C=O) groups excluding carboxylic acids is 1. The number of nitrogens with one attached hydrogen (secondary N) is 2. The molecular formula is C21H21N5O5S. The van der Waals surface area contributed by atoms with Gasteiger partial charge in [-0.3, -0.25) is 14.8 Å². The molecule has 1 aliphatic rings. The van der Waals surface area contributed by atoms with Crippen LogP contribution in [0.2, 0.25) is 0 Å². The van der Waals surface area contributed by atoms with Crippen LogP contribution in [0, 0.1) is 6.92 Å². The van der Waals surface area contributed by atoms with Crippen LogP contribution in [-0.2, 0) is 20.2 Å². The van der Waals surface area contributed by atoms with E-state index in [4.69, 9.17) is 5.11 Å². The maximum Gasteiger partial charge on any atom is 0.410 e. The van der Waals surface area contributed by atoms with E-state index in [-0.39, 0.29) is 5.82 Å². The Bertz CT molecular complexity index is 1290. The second-order valence-corrected chi connectivity index (χ2v) is 9.52. The van der Waals surface area contributed by atoms with Gasteiger partial charge in [0, 0.05) is 0 Å². The number of aryl methyl sites for hydroxylation is 1. The van der Waals surface area contributed by atoms with Crippen molar-refractivity contribution in [3.05, 3.63) is 59.8 Å². The van der Waals surface area contributed by atoms with Crippen LogP contribution >= 0.6 is 0 Å². The average molecular weight is 455 g/mol. The van der Waals surface area contributed by atoms with Crippen LogP contribution in [0.25, 0.3) is 16.8 Å². The molecule has 1 aromatic heterocycles. The van der Waals surface area contributed by atoms with Crippen LogP contribution in [0.4, 0.5) is 10.6 Å². The molecule has 1 saturated carbocycles. The normalized spacial score (nSPS) is 14.6. The minimum atomic E-state index is -3.61. The molecule has 0 radical (unpaired) electrons. The van der Waals surface area contributed by atoms with E-state index in [2.05, 4.69) is 20.4 Å². The van der Waals surface area contributed by atoms with Crippen molar-refractivity contribution in [3.63, 3.8) is 0 Å². The highest BCUT2D eigenvalue weighted by Crippen LogP contribution is 2.48. The lowest BCUT2D eigenvalue weighted by atomic mass is 9.93. The lowest BCUT2D eigenvalue weighted by Crippen LogP contribution is -2.38. The number of amides is 2. The molecule has 10 nitrogen and oxygen atoms in total. The number of aromatic nitrogens is 3. The Balaban J connectivity index is 1.55. The van der Waals surface area contributed by atoms with Crippen molar-refractivity contribution in [2.75, 3.05) is 11.6 Å². The van der Waals surface area contributed by atoms with Crippen LogP contribution in [0.3, 0.4) is 0 Å². The van der Waals surface area contributed by atoms with E-state index in [0.717, 1.165) is 22.9 Å². The van der Waals surface area contributed by atoms with Gasteiger partial charge in [0.25, 0.3) is 0 Å². The van der Waals surface area contributed by atoms with E-state index >= 15 is 0 Å². The highest BCUT2D eigenvalue weighted by molar-refractivity contribution is 7.89. The van der Waals surface area contributed by atoms with Crippen molar-refractivity contribution in [3.8, 4) is 16.8 Å². The van der Waals surface area contributed by atoms with Gasteiger partial charge >= 0.3 is 6.09 Å². The summed E-state index contributed by atoms with van der Waals surface area (Å²) in [6, 6.07) is 14.8. The van der Waals surface area contributed by atoms with Gasteiger partial charge in [-0.15, -0.1) is 5.10 Å². The molecule has 2 amide bonds. The second kappa shape index (κ2) is 7.75. The maximum atomic E-state index is 12.4. The lowest BCUT2D eigenvalue weighted by Gasteiger charge is -2.15. The molecule has 0 spiro atoms. The van der Waals surface area contributed by atoms with Crippen LogP contribution in [0.15, 0.2) is 48.5 Å². The first kappa shape index (κ1) is 21.5. The minimum absolute atomic E-state index is 0.275. The number of sulfonamides is 1. The molecule has 32 heavy (non-hydrogen) atoms. The Morgan fingerprint density at radius 2 is 1.59 bits per heavy atom. The monoisotopic (exact) mass is 455 g/mol. The molecule has 4 rings (SSSR count). The van der Waals surface area contributed by atoms with Crippen LogP contribution in [0.5, 0.6) is 0 Å². The Morgan fingerprint density at radius 3 is 2.09 bits per heavy atom. The molecule has 11 heteroatoms. The molecule has 1 heterocycles. The molecule has 1 fully saturated rings. The standard InChI is InChI=1S/C21H21N5O5S/c1-13-18(22-20(28)29)26(25-23-13)17-9-5-15(6-10-17)14-3-7-16(8-4-14)21(11-12-21)19(27)24-32(2,30)31/h3-10,22H,11-12H2,1-2H3,(H,24,27)(H,28,29). The molecule has 0 bridgehead atoms. The fourth-order valence-electron chi connectivity index (χ4n) is 3.60. The molecule has 3 aromatic rings. The topological polar surface area (TPSA) is 143 Å². The number of hydrogen-bond acceptors (Lipinski definition) is 6. The first-order chi connectivity index (χ1) is 15.1. The highest BCUT2D eigenvalue weighted by Gasteiger charge is 2.51. The average Bonchev–Trinajstić information content (AvgIpc) is 3.47. The van der Waals surface area contributed by atoms with E-state index in [1.54, 1.807) is 19.1 Å². The number of carboxylic acid groups (broad SMARTS) is 1. The Kier molecular flexibility index (Phi) is 5.21. The largest absolute Gasteiger partial charge is 0.465 e. The van der Waals surface area contributed by atoms with Crippen molar-refractivity contribution >= 4 is 27.8 Å². The predicted octanol–water partition coefficient (Wildman–Crippen LogP) is 2.44. The van der Waals surface area contributed by atoms with E-state index in [1.807, 2.05) is 36.4 Å². The zero-order valence-electron chi connectivity index (χ0n) is 17.4.